The van der Waals surface area contributed by atoms with Crippen molar-refractivity contribution < 1.29 is 4.79 Å². The molecule has 0 bridgehead atoms. The molecule has 2 heterocycles. The molecular weight excluding hydrogens is 270 g/mol. The molecule has 0 aliphatic carbocycles. The van der Waals surface area contributed by atoms with E-state index < -0.39 is 0 Å². The summed E-state index contributed by atoms with van der Waals surface area (Å²) in [4.78, 5) is 17.2. The molecule has 1 aliphatic heterocycles. The van der Waals surface area contributed by atoms with Crippen LogP contribution in [0.15, 0.2) is 11.4 Å². The first-order valence-corrected chi connectivity index (χ1v) is 7.31. The van der Waals surface area contributed by atoms with Crippen molar-refractivity contribution in [2.45, 2.75) is 6.54 Å². The van der Waals surface area contributed by atoms with Crippen molar-refractivity contribution >= 4 is 28.8 Å². The highest BCUT2D eigenvalue weighted by Crippen LogP contribution is 2.20. The molecule has 4 nitrogen and oxygen atoms in total. The Labute approximate surface area is 117 Å². The van der Waals surface area contributed by atoms with Crippen LogP contribution in [-0.4, -0.2) is 55.5 Å². The standard InChI is InChI=1S/C12H18ClN3OS/c1-15(7-11-6-10(13)9-18-11)8-12(17)16-4-2-14-3-5-16/h6,9,14H,2-5,7-8H2,1H3. The van der Waals surface area contributed by atoms with E-state index >= 15 is 0 Å². The fraction of sp³-hybridized carbons (Fsp3) is 0.583. The molecule has 2 rings (SSSR count). The number of likely N-dealkylation sites (N-methyl/N-ethyl adjacent to an activating group) is 1. The predicted octanol–water partition coefficient (Wildman–Crippen LogP) is 1.27. The van der Waals surface area contributed by atoms with Crippen LogP contribution in [0.1, 0.15) is 4.88 Å². The number of nitrogens with zero attached hydrogens (tertiary/aromatic N) is 2. The minimum atomic E-state index is 0.210. The van der Waals surface area contributed by atoms with Gasteiger partial charge in [0.05, 0.1) is 11.6 Å². The van der Waals surface area contributed by atoms with Crippen LogP contribution in [-0.2, 0) is 11.3 Å². The average molecular weight is 288 g/mol. The van der Waals surface area contributed by atoms with E-state index in [0.29, 0.717) is 6.54 Å². The van der Waals surface area contributed by atoms with Crippen LogP contribution in [0.4, 0.5) is 0 Å². The fourth-order valence-corrected chi connectivity index (χ4v) is 3.16. The van der Waals surface area contributed by atoms with Gasteiger partial charge in [-0.25, -0.2) is 0 Å². The van der Waals surface area contributed by atoms with Crippen LogP contribution in [0.2, 0.25) is 5.02 Å². The Hall–Kier alpha value is -0.620. The third-order valence-electron chi connectivity index (χ3n) is 2.92. The lowest BCUT2D eigenvalue weighted by atomic mass is 10.3. The largest absolute Gasteiger partial charge is 0.339 e. The van der Waals surface area contributed by atoms with Crippen molar-refractivity contribution in [2.75, 3.05) is 39.8 Å². The molecule has 1 saturated heterocycles. The lowest BCUT2D eigenvalue weighted by Gasteiger charge is -2.29. The average Bonchev–Trinajstić information content (AvgIpc) is 2.75. The summed E-state index contributed by atoms with van der Waals surface area (Å²) in [7, 11) is 1.97. The van der Waals surface area contributed by atoms with Gasteiger partial charge in [-0.05, 0) is 13.1 Å². The van der Waals surface area contributed by atoms with E-state index in [4.69, 9.17) is 11.6 Å². The second-order valence-electron chi connectivity index (χ2n) is 4.53. The van der Waals surface area contributed by atoms with Gasteiger partial charge in [-0.2, -0.15) is 0 Å². The number of carbonyl (C=O) groups excluding carboxylic acids is 1. The number of hydrogen-bond acceptors (Lipinski definition) is 4. The second-order valence-corrected chi connectivity index (χ2v) is 5.97. The van der Waals surface area contributed by atoms with Crippen molar-refractivity contribution in [3.05, 3.63) is 21.3 Å². The van der Waals surface area contributed by atoms with Crippen LogP contribution in [0.3, 0.4) is 0 Å². The van der Waals surface area contributed by atoms with Gasteiger partial charge in [0.1, 0.15) is 0 Å². The smallest absolute Gasteiger partial charge is 0.236 e. The summed E-state index contributed by atoms with van der Waals surface area (Å²) in [5.41, 5.74) is 0. The molecular formula is C12H18ClN3OS. The molecule has 0 aromatic carbocycles. The molecule has 1 amide bonds. The zero-order valence-corrected chi connectivity index (χ0v) is 12.1. The quantitative estimate of drug-likeness (QED) is 0.906. The molecule has 0 radical (unpaired) electrons. The van der Waals surface area contributed by atoms with Gasteiger partial charge in [-0.1, -0.05) is 11.6 Å². The minimum Gasteiger partial charge on any atom is -0.339 e. The van der Waals surface area contributed by atoms with E-state index in [0.717, 1.165) is 37.7 Å². The van der Waals surface area contributed by atoms with Gasteiger partial charge in [-0.3, -0.25) is 9.69 Å². The van der Waals surface area contributed by atoms with E-state index in [1.54, 1.807) is 11.3 Å². The summed E-state index contributed by atoms with van der Waals surface area (Å²) in [6, 6.07) is 1.96. The van der Waals surface area contributed by atoms with Crippen LogP contribution in [0.5, 0.6) is 0 Å². The molecule has 0 spiro atoms. The van der Waals surface area contributed by atoms with E-state index in [1.807, 2.05) is 28.3 Å². The molecule has 0 saturated carbocycles. The Balaban J connectivity index is 1.79. The van der Waals surface area contributed by atoms with Crippen LogP contribution < -0.4 is 5.32 Å². The third kappa shape index (κ3) is 3.95. The number of rotatable bonds is 4. The predicted molar refractivity (Wildman–Crippen MR) is 75.1 cm³/mol. The maximum absolute atomic E-state index is 12.0. The molecule has 1 N–H and O–H groups in total. The van der Waals surface area contributed by atoms with Gasteiger partial charge in [0, 0.05) is 43.0 Å². The normalized spacial score (nSPS) is 16.3. The maximum atomic E-state index is 12.0. The minimum absolute atomic E-state index is 0.210. The molecule has 1 aliphatic rings. The lowest BCUT2D eigenvalue weighted by molar-refractivity contribution is -0.132. The summed E-state index contributed by atoms with van der Waals surface area (Å²) in [6.07, 6.45) is 0. The van der Waals surface area contributed by atoms with E-state index in [-0.39, 0.29) is 5.91 Å². The molecule has 6 heteroatoms. The molecule has 0 unspecified atom stereocenters. The summed E-state index contributed by atoms with van der Waals surface area (Å²) in [6.45, 7) is 4.67. The first kappa shape index (κ1) is 13.8. The molecule has 1 aromatic rings. The van der Waals surface area contributed by atoms with E-state index in [1.165, 1.54) is 4.88 Å². The number of carbonyl (C=O) groups is 1. The van der Waals surface area contributed by atoms with Crippen molar-refractivity contribution in [1.29, 1.82) is 0 Å². The SMILES string of the molecule is CN(CC(=O)N1CCNCC1)Cc1cc(Cl)cs1. The number of halogens is 1. The third-order valence-corrected chi connectivity index (χ3v) is 4.19. The van der Waals surface area contributed by atoms with Gasteiger partial charge < -0.3 is 10.2 Å². The van der Waals surface area contributed by atoms with Crippen LogP contribution >= 0.6 is 22.9 Å². The molecule has 18 heavy (non-hydrogen) atoms. The van der Waals surface area contributed by atoms with Crippen molar-refractivity contribution in [2.24, 2.45) is 0 Å². The first-order chi connectivity index (χ1) is 8.65. The summed E-state index contributed by atoms with van der Waals surface area (Å²) >= 11 is 7.51. The van der Waals surface area contributed by atoms with Crippen molar-refractivity contribution in [3.63, 3.8) is 0 Å². The fourth-order valence-electron chi connectivity index (χ4n) is 2.00. The van der Waals surface area contributed by atoms with Gasteiger partial charge in [-0.15, -0.1) is 11.3 Å². The zero-order chi connectivity index (χ0) is 13.0. The number of amides is 1. The van der Waals surface area contributed by atoms with E-state index in [9.17, 15) is 4.79 Å². The maximum Gasteiger partial charge on any atom is 0.236 e. The molecule has 1 fully saturated rings. The number of hydrogen-bond donors (Lipinski definition) is 1. The monoisotopic (exact) mass is 287 g/mol. The van der Waals surface area contributed by atoms with Crippen LogP contribution in [0, 0.1) is 0 Å². The van der Waals surface area contributed by atoms with Crippen molar-refractivity contribution in [3.8, 4) is 0 Å². The summed E-state index contributed by atoms with van der Waals surface area (Å²) in [5.74, 6) is 0.210. The highest BCUT2D eigenvalue weighted by molar-refractivity contribution is 7.10. The molecule has 1 aromatic heterocycles. The Morgan fingerprint density at radius 1 is 1.56 bits per heavy atom. The lowest BCUT2D eigenvalue weighted by Crippen LogP contribution is -2.49. The Bertz CT molecular complexity index is 404. The Kier molecular flexibility index (Phi) is 5.00. The Morgan fingerprint density at radius 2 is 2.28 bits per heavy atom. The van der Waals surface area contributed by atoms with Gasteiger partial charge in [0.25, 0.3) is 0 Å². The van der Waals surface area contributed by atoms with Crippen molar-refractivity contribution in [1.82, 2.24) is 15.1 Å². The molecule has 0 atom stereocenters. The van der Waals surface area contributed by atoms with E-state index in [2.05, 4.69) is 5.32 Å². The van der Waals surface area contributed by atoms with Gasteiger partial charge in [0.15, 0.2) is 0 Å². The summed E-state index contributed by atoms with van der Waals surface area (Å²) in [5, 5.41) is 5.94. The first-order valence-electron chi connectivity index (χ1n) is 6.05. The Morgan fingerprint density at radius 3 is 2.89 bits per heavy atom. The second kappa shape index (κ2) is 6.52. The number of thiophene rings is 1. The highest BCUT2D eigenvalue weighted by Gasteiger charge is 2.17. The number of nitrogens with one attached hydrogen (secondary N) is 1. The number of piperazine rings is 1. The van der Waals surface area contributed by atoms with Gasteiger partial charge >= 0.3 is 0 Å². The molecule has 100 valence electrons. The van der Waals surface area contributed by atoms with Gasteiger partial charge in [0.2, 0.25) is 5.91 Å². The highest BCUT2D eigenvalue weighted by atomic mass is 35.5. The zero-order valence-electron chi connectivity index (χ0n) is 10.5. The topological polar surface area (TPSA) is 35.6 Å². The van der Waals surface area contributed by atoms with Crippen LogP contribution in [0.25, 0.3) is 0 Å². The summed E-state index contributed by atoms with van der Waals surface area (Å²) < 4.78 is 0.